The number of aryl methyl sites for hydroxylation is 2. The van der Waals surface area contributed by atoms with Gasteiger partial charge in [0.15, 0.2) is 5.78 Å². The standard InChI is InChI=1S/C13H10F3N3O.C12H10F3N3O/c1-7-11(8(2)20)3-9(4-17-7)10-5-18-12(19-6-10)13(14,15)16;1-7-9(6-19)2-8(3-16-7)10-4-17-11(18-5-10)12(13,14)15/h3-6H,1-2H3;2-5,19H,6H2,1H3. The largest absolute Gasteiger partial charge is 0.451 e. The monoisotopic (exact) mass is 550 g/mol. The lowest BCUT2D eigenvalue weighted by Crippen LogP contribution is -2.10. The van der Waals surface area contributed by atoms with Crippen molar-refractivity contribution in [2.45, 2.75) is 39.7 Å². The van der Waals surface area contributed by atoms with E-state index in [1.165, 1.54) is 19.3 Å². The zero-order valence-electron chi connectivity index (χ0n) is 20.6. The molecule has 0 saturated heterocycles. The predicted molar refractivity (Wildman–Crippen MR) is 126 cm³/mol. The van der Waals surface area contributed by atoms with Crippen LogP contribution in [-0.2, 0) is 19.0 Å². The number of aliphatic hydroxyl groups is 1. The highest BCUT2D eigenvalue weighted by Gasteiger charge is 2.35. The molecule has 0 spiro atoms. The minimum Gasteiger partial charge on any atom is -0.392 e. The SMILES string of the molecule is CC(=O)c1cc(-c2cnc(C(F)(F)F)nc2)cnc1C.Cc1ncc(-c2cnc(C(F)(F)F)nc2)cc1CO. The first-order valence-electron chi connectivity index (χ1n) is 11.0. The average molecular weight is 550 g/mol. The van der Waals surface area contributed by atoms with E-state index in [4.69, 9.17) is 5.11 Å². The third-order valence-corrected chi connectivity index (χ3v) is 5.31. The minimum atomic E-state index is -4.57. The van der Waals surface area contributed by atoms with E-state index < -0.39 is 24.0 Å². The lowest BCUT2D eigenvalue weighted by molar-refractivity contribution is -0.145. The number of aliphatic hydroxyl groups excluding tert-OH is 1. The maximum Gasteiger partial charge on any atom is 0.451 e. The van der Waals surface area contributed by atoms with Crippen molar-refractivity contribution >= 4 is 5.78 Å². The molecule has 0 fully saturated rings. The molecular weight excluding hydrogens is 530 g/mol. The Balaban J connectivity index is 0.000000216. The molecule has 4 heterocycles. The number of ketones is 1. The third-order valence-electron chi connectivity index (χ3n) is 5.31. The van der Waals surface area contributed by atoms with E-state index in [0.29, 0.717) is 44.8 Å². The van der Waals surface area contributed by atoms with Gasteiger partial charge in [-0.1, -0.05) is 0 Å². The summed E-state index contributed by atoms with van der Waals surface area (Å²) in [4.78, 5) is 32.6. The molecule has 4 rings (SSSR count). The smallest absolute Gasteiger partial charge is 0.392 e. The van der Waals surface area contributed by atoms with Gasteiger partial charge in [-0.05, 0) is 38.5 Å². The third kappa shape index (κ3) is 7.37. The second-order valence-electron chi connectivity index (χ2n) is 8.13. The number of hydrogen-bond donors (Lipinski definition) is 1. The molecule has 14 heteroatoms. The van der Waals surface area contributed by atoms with Gasteiger partial charge in [-0.25, -0.2) is 19.9 Å². The molecule has 0 amide bonds. The van der Waals surface area contributed by atoms with Gasteiger partial charge >= 0.3 is 12.4 Å². The minimum absolute atomic E-state index is 0.162. The quantitative estimate of drug-likeness (QED) is 0.264. The van der Waals surface area contributed by atoms with Crippen LogP contribution in [0.2, 0.25) is 0 Å². The highest BCUT2D eigenvalue weighted by atomic mass is 19.4. The highest BCUT2D eigenvalue weighted by molar-refractivity contribution is 5.96. The van der Waals surface area contributed by atoms with E-state index in [9.17, 15) is 31.1 Å². The molecular formula is C25H20F6N6O2. The number of carbonyl (C=O) groups excluding carboxylic acids is 1. The zero-order chi connectivity index (χ0) is 29.0. The van der Waals surface area contributed by atoms with Gasteiger partial charge < -0.3 is 5.11 Å². The Labute approximate surface area is 217 Å². The van der Waals surface area contributed by atoms with Crippen molar-refractivity contribution in [1.82, 2.24) is 29.9 Å². The van der Waals surface area contributed by atoms with Crippen LogP contribution in [0.25, 0.3) is 22.3 Å². The number of alkyl halides is 6. The lowest BCUT2D eigenvalue weighted by Gasteiger charge is -2.07. The Morgan fingerprint density at radius 3 is 1.44 bits per heavy atom. The Hall–Kier alpha value is -4.33. The van der Waals surface area contributed by atoms with E-state index in [0.717, 1.165) is 24.8 Å². The molecule has 0 radical (unpaired) electrons. The molecule has 0 aliphatic rings. The number of pyridine rings is 2. The first-order chi connectivity index (χ1) is 18.2. The first kappa shape index (κ1) is 29.2. The topological polar surface area (TPSA) is 115 Å². The van der Waals surface area contributed by atoms with Crippen molar-refractivity contribution in [3.8, 4) is 22.3 Å². The van der Waals surface area contributed by atoms with Crippen molar-refractivity contribution in [2.75, 3.05) is 0 Å². The highest BCUT2D eigenvalue weighted by Crippen LogP contribution is 2.28. The summed E-state index contributed by atoms with van der Waals surface area (Å²) in [5.74, 6) is -2.54. The second-order valence-corrected chi connectivity index (χ2v) is 8.13. The van der Waals surface area contributed by atoms with E-state index in [-0.39, 0.29) is 12.4 Å². The number of halogens is 6. The van der Waals surface area contributed by atoms with E-state index >= 15 is 0 Å². The Morgan fingerprint density at radius 1 is 0.667 bits per heavy atom. The summed E-state index contributed by atoms with van der Waals surface area (Å²) in [6.45, 7) is 4.63. The molecule has 0 unspecified atom stereocenters. The van der Waals surface area contributed by atoms with Crippen LogP contribution in [0.4, 0.5) is 26.3 Å². The fraction of sp³-hybridized carbons (Fsp3) is 0.240. The van der Waals surface area contributed by atoms with Gasteiger partial charge in [-0.15, -0.1) is 0 Å². The van der Waals surface area contributed by atoms with Crippen molar-refractivity contribution in [3.05, 3.63) is 83.5 Å². The van der Waals surface area contributed by atoms with Crippen LogP contribution in [-0.4, -0.2) is 40.8 Å². The molecule has 0 aromatic carbocycles. The normalized spacial score (nSPS) is 11.5. The summed E-state index contributed by atoms with van der Waals surface area (Å²) in [7, 11) is 0. The zero-order valence-corrected chi connectivity index (χ0v) is 20.6. The first-order valence-corrected chi connectivity index (χ1v) is 11.0. The molecule has 0 aliphatic heterocycles. The molecule has 4 aromatic heterocycles. The maximum atomic E-state index is 12.4. The lowest BCUT2D eigenvalue weighted by atomic mass is 10.0. The van der Waals surface area contributed by atoms with Crippen LogP contribution >= 0.6 is 0 Å². The predicted octanol–water partition coefficient (Wildman–Crippen LogP) is 5.43. The Morgan fingerprint density at radius 2 is 1.05 bits per heavy atom. The van der Waals surface area contributed by atoms with Crippen molar-refractivity contribution in [2.24, 2.45) is 0 Å². The summed E-state index contributed by atoms with van der Waals surface area (Å²) in [5, 5.41) is 9.12. The van der Waals surface area contributed by atoms with Gasteiger partial charge in [0.25, 0.3) is 0 Å². The van der Waals surface area contributed by atoms with Gasteiger partial charge in [0.1, 0.15) is 0 Å². The van der Waals surface area contributed by atoms with E-state index in [2.05, 4.69) is 29.9 Å². The molecule has 0 bridgehead atoms. The molecule has 4 aromatic rings. The number of aromatic nitrogens is 6. The average Bonchev–Trinajstić information content (AvgIpc) is 2.88. The molecule has 204 valence electrons. The molecule has 1 N–H and O–H groups in total. The van der Waals surface area contributed by atoms with Crippen molar-refractivity contribution in [1.29, 1.82) is 0 Å². The fourth-order valence-electron chi connectivity index (χ4n) is 3.19. The number of hydrogen-bond acceptors (Lipinski definition) is 8. The van der Waals surface area contributed by atoms with E-state index in [1.807, 2.05) is 0 Å². The van der Waals surface area contributed by atoms with Crippen LogP contribution < -0.4 is 0 Å². The summed E-state index contributed by atoms with van der Waals surface area (Å²) in [6.07, 6.45) is -1.87. The van der Waals surface area contributed by atoms with Gasteiger partial charge in [0.05, 0.1) is 6.61 Å². The fourth-order valence-corrected chi connectivity index (χ4v) is 3.19. The molecule has 0 saturated carbocycles. The summed E-state index contributed by atoms with van der Waals surface area (Å²) in [6, 6.07) is 3.21. The van der Waals surface area contributed by atoms with Crippen LogP contribution in [0.1, 0.15) is 45.9 Å². The van der Waals surface area contributed by atoms with Crippen molar-refractivity contribution in [3.63, 3.8) is 0 Å². The number of rotatable bonds is 4. The summed E-state index contributed by atoms with van der Waals surface area (Å²) < 4.78 is 74.1. The number of nitrogens with zero attached hydrogens (tertiary/aromatic N) is 6. The van der Waals surface area contributed by atoms with E-state index in [1.54, 1.807) is 26.0 Å². The van der Waals surface area contributed by atoms with Crippen LogP contribution in [0.15, 0.2) is 49.3 Å². The van der Waals surface area contributed by atoms with Gasteiger partial charge in [0, 0.05) is 76.4 Å². The van der Waals surface area contributed by atoms with Crippen molar-refractivity contribution < 1.29 is 36.2 Å². The summed E-state index contributed by atoms with van der Waals surface area (Å²) in [5.41, 5.74) is 4.09. The van der Waals surface area contributed by atoms with Crippen LogP contribution in [0.3, 0.4) is 0 Å². The van der Waals surface area contributed by atoms with Crippen LogP contribution in [0, 0.1) is 13.8 Å². The molecule has 39 heavy (non-hydrogen) atoms. The van der Waals surface area contributed by atoms with Gasteiger partial charge in [0.2, 0.25) is 11.6 Å². The second kappa shape index (κ2) is 11.6. The Kier molecular flexibility index (Phi) is 8.69. The number of carbonyl (C=O) groups is 1. The van der Waals surface area contributed by atoms with Gasteiger partial charge in [-0.3, -0.25) is 14.8 Å². The number of Topliss-reactive ketones (excluding diaryl/α,β-unsaturated/α-hetero) is 1. The molecule has 8 nitrogen and oxygen atoms in total. The molecule has 0 aliphatic carbocycles. The van der Waals surface area contributed by atoms with Gasteiger partial charge in [-0.2, -0.15) is 26.3 Å². The maximum absolute atomic E-state index is 12.4. The molecule has 0 atom stereocenters. The Bertz CT molecular complexity index is 1460. The van der Waals surface area contributed by atoms with Crippen LogP contribution in [0.5, 0.6) is 0 Å². The summed E-state index contributed by atoms with van der Waals surface area (Å²) >= 11 is 0.